The number of nitrogens with zero attached hydrogens (tertiary/aromatic N) is 1. The minimum atomic E-state index is -0.294. The maximum atomic E-state index is 5.58. The van der Waals surface area contributed by atoms with Gasteiger partial charge in [-0.3, -0.25) is 4.99 Å². The van der Waals surface area contributed by atoms with Gasteiger partial charge in [0.25, 0.3) is 0 Å². The lowest BCUT2D eigenvalue weighted by Gasteiger charge is -2.16. The van der Waals surface area contributed by atoms with Gasteiger partial charge in [0, 0.05) is 24.3 Å². The molecule has 0 saturated carbocycles. The summed E-state index contributed by atoms with van der Waals surface area (Å²) >= 11 is 0. The summed E-state index contributed by atoms with van der Waals surface area (Å²) in [6.07, 6.45) is -0.294. The molecule has 0 aromatic heterocycles. The Balaban J connectivity index is 2.26. The van der Waals surface area contributed by atoms with Gasteiger partial charge in [0.15, 0.2) is 6.29 Å². The molecule has 2 aromatic carbocycles. The predicted octanol–water partition coefficient (Wildman–Crippen LogP) is 3.92. The second-order valence-electron chi connectivity index (χ2n) is 4.76. The van der Waals surface area contributed by atoms with E-state index < -0.39 is 0 Å². The third-order valence-corrected chi connectivity index (χ3v) is 3.20. The Kier molecular flexibility index (Phi) is 6.81. The lowest BCUT2D eigenvalue weighted by molar-refractivity contribution is -0.128. The molecule has 0 aliphatic rings. The molecule has 0 unspecified atom stereocenters. The van der Waals surface area contributed by atoms with Crippen LogP contribution in [-0.2, 0) is 9.47 Å². The van der Waals surface area contributed by atoms with Crippen LogP contribution in [0.25, 0.3) is 0 Å². The third-order valence-electron chi connectivity index (χ3n) is 3.20. The molecule has 22 heavy (non-hydrogen) atoms. The Bertz CT molecular complexity index is 519. The fourth-order valence-electron chi connectivity index (χ4n) is 2.23. The topological polar surface area (TPSA) is 30.8 Å². The van der Waals surface area contributed by atoms with Crippen molar-refractivity contribution in [3.63, 3.8) is 0 Å². The summed E-state index contributed by atoms with van der Waals surface area (Å²) < 4.78 is 11.2. The SMILES string of the molecule is CCOC(CN=C(c1ccccc1)c1ccccc1)OCC. The van der Waals surface area contributed by atoms with E-state index in [9.17, 15) is 0 Å². The fourth-order valence-corrected chi connectivity index (χ4v) is 2.23. The molecule has 0 aliphatic carbocycles. The molecular weight excluding hydrogens is 274 g/mol. The summed E-state index contributed by atoms with van der Waals surface area (Å²) in [5.74, 6) is 0. The summed E-state index contributed by atoms with van der Waals surface area (Å²) in [5, 5.41) is 0. The second kappa shape index (κ2) is 9.13. The van der Waals surface area contributed by atoms with Gasteiger partial charge in [-0.1, -0.05) is 60.7 Å². The van der Waals surface area contributed by atoms with Gasteiger partial charge in [0.2, 0.25) is 0 Å². The van der Waals surface area contributed by atoms with Crippen molar-refractivity contribution < 1.29 is 9.47 Å². The van der Waals surface area contributed by atoms with E-state index in [-0.39, 0.29) is 6.29 Å². The number of rotatable bonds is 8. The van der Waals surface area contributed by atoms with Gasteiger partial charge in [0.1, 0.15) is 0 Å². The number of benzene rings is 2. The van der Waals surface area contributed by atoms with Gasteiger partial charge in [-0.25, -0.2) is 0 Å². The zero-order chi connectivity index (χ0) is 15.6. The van der Waals surface area contributed by atoms with Crippen LogP contribution in [-0.4, -0.2) is 31.8 Å². The first-order chi connectivity index (χ1) is 10.8. The van der Waals surface area contributed by atoms with Gasteiger partial charge in [0.05, 0.1) is 12.3 Å². The van der Waals surface area contributed by atoms with Crippen LogP contribution in [0.3, 0.4) is 0 Å². The van der Waals surface area contributed by atoms with Crippen LogP contribution >= 0.6 is 0 Å². The predicted molar refractivity (Wildman–Crippen MR) is 90.4 cm³/mol. The average Bonchev–Trinajstić information content (AvgIpc) is 2.57. The maximum absolute atomic E-state index is 5.58. The van der Waals surface area contributed by atoms with Crippen LogP contribution in [0.15, 0.2) is 65.7 Å². The fraction of sp³-hybridized carbons (Fsp3) is 0.316. The van der Waals surface area contributed by atoms with Gasteiger partial charge < -0.3 is 9.47 Å². The molecule has 2 rings (SSSR count). The highest BCUT2D eigenvalue weighted by Crippen LogP contribution is 2.11. The summed E-state index contributed by atoms with van der Waals surface area (Å²) in [7, 11) is 0. The van der Waals surface area contributed by atoms with Crippen LogP contribution < -0.4 is 0 Å². The molecule has 0 atom stereocenters. The first-order valence-electron chi connectivity index (χ1n) is 7.73. The van der Waals surface area contributed by atoms with Gasteiger partial charge in [-0.15, -0.1) is 0 Å². The van der Waals surface area contributed by atoms with Crippen molar-refractivity contribution in [2.45, 2.75) is 20.1 Å². The summed E-state index contributed by atoms with van der Waals surface area (Å²) in [6, 6.07) is 20.4. The Morgan fingerprint density at radius 2 is 1.27 bits per heavy atom. The van der Waals surface area contributed by atoms with Crippen molar-refractivity contribution >= 4 is 5.71 Å². The molecule has 2 aromatic rings. The number of hydrogen-bond acceptors (Lipinski definition) is 3. The minimum Gasteiger partial charge on any atom is -0.351 e. The molecule has 0 aliphatic heterocycles. The zero-order valence-electron chi connectivity index (χ0n) is 13.2. The lowest BCUT2D eigenvalue weighted by atomic mass is 10.0. The monoisotopic (exact) mass is 297 g/mol. The quantitative estimate of drug-likeness (QED) is 0.546. The molecule has 116 valence electrons. The molecule has 0 N–H and O–H groups in total. The summed E-state index contributed by atoms with van der Waals surface area (Å²) in [5.41, 5.74) is 3.16. The van der Waals surface area contributed by atoms with Crippen molar-refractivity contribution in [1.29, 1.82) is 0 Å². The molecule has 0 amide bonds. The standard InChI is InChI=1S/C19H23NO2/c1-3-21-18(22-4-2)15-20-19(16-11-7-5-8-12-16)17-13-9-6-10-14-17/h5-14,18H,3-4,15H2,1-2H3. The van der Waals surface area contributed by atoms with Crippen LogP contribution in [0.5, 0.6) is 0 Å². The molecule has 0 heterocycles. The first kappa shape index (κ1) is 16.4. The number of aliphatic imine (C=N–C) groups is 1. The normalized spacial score (nSPS) is 10.7. The van der Waals surface area contributed by atoms with Crippen molar-refractivity contribution in [2.75, 3.05) is 19.8 Å². The van der Waals surface area contributed by atoms with E-state index >= 15 is 0 Å². The number of hydrogen-bond donors (Lipinski definition) is 0. The maximum Gasteiger partial charge on any atom is 0.176 e. The van der Waals surface area contributed by atoms with Gasteiger partial charge in [-0.05, 0) is 13.8 Å². The highest BCUT2D eigenvalue weighted by Gasteiger charge is 2.10. The van der Waals surface area contributed by atoms with Crippen LogP contribution in [0.4, 0.5) is 0 Å². The second-order valence-corrected chi connectivity index (χ2v) is 4.76. The van der Waals surface area contributed by atoms with Crippen molar-refractivity contribution in [1.82, 2.24) is 0 Å². The Labute approximate surface area is 132 Å². The van der Waals surface area contributed by atoms with E-state index in [0.717, 1.165) is 16.8 Å². The molecule has 3 nitrogen and oxygen atoms in total. The van der Waals surface area contributed by atoms with E-state index in [2.05, 4.69) is 24.3 Å². The van der Waals surface area contributed by atoms with Crippen molar-refractivity contribution in [2.24, 2.45) is 4.99 Å². The summed E-state index contributed by atoms with van der Waals surface area (Å²) in [4.78, 5) is 4.77. The highest BCUT2D eigenvalue weighted by molar-refractivity contribution is 6.12. The highest BCUT2D eigenvalue weighted by atomic mass is 16.7. The van der Waals surface area contributed by atoms with Crippen molar-refractivity contribution in [3.05, 3.63) is 71.8 Å². The molecule has 0 fully saturated rings. The Hall–Kier alpha value is -1.97. The average molecular weight is 297 g/mol. The third kappa shape index (κ3) is 4.79. The molecule has 0 radical (unpaired) electrons. The largest absolute Gasteiger partial charge is 0.351 e. The van der Waals surface area contributed by atoms with Gasteiger partial charge >= 0.3 is 0 Å². The first-order valence-corrected chi connectivity index (χ1v) is 7.73. The molecule has 3 heteroatoms. The van der Waals surface area contributed by atoms with Crippen LogP contribution in [0.1, 0.15) is 25.0 Å². The van der Waals surface area contributed by atoms with E-state index in [1.54, 1.807) is 0 Å². The number of ether oxygens (including phenoxy) is 2. The van der Waals surface area contributed by atoms with E-state index in [1.165, 1.54) is 0 Å². The zero-order valence-corrected chi connectivity index (χ0v) is 13.2. The van der Waals surface area contributed by atoms with E-state index in [1.807, 2.05) is 50.2 Å². The van der Waals surface area contributed by atoms with Crippen LogP contribution in [0, 0.1) is 0 Å². The van der Waals surface area contributed by atoms with E-state index in [4.69, 9.17) is 14.5 Å². The van der Waals surface area contributed by atoms with E-state index in [0.29, 0.717) is 19.8 Å². The Morgan fingerprint density at radius 1 is 0.818 bits per heavy atom. The Morgan fingerprint density at radius 3 is 1.68 bits per heavy atom. The smallest absolute Gasteiger partial charge is 0.176 e. The molecule has 0 bridgehead atoms. The molecule has 0 spiro atoms. The van der Waals surface area contributed by atoms with Gasteiger partial charge in [-0.2, -0.15) is 0 Å². The summed E-state index contributed by atoms with van der Waals surface area (Å²) in [6.45, 7) is 5.65. The van der Waals surface area contributed by atoms with Crippen molar-refractivity contribution in [3.8, 4) is 0 Å². The van der Waals surface area contributed by atoms with Crippen LogP contribution in [0.2, 0.25) is 0 Å². The lowest BCUT2D eigenvalue weighted by Crippen LogP contribution is -2.22. The molecular formula is C19H23NO2. The minimum absolute atomic E-state index is 0.294. The molecule has 0 saturated heterocycles.